The molecule has 5 nitrogen and oxygen atoms in total. The molecule has 32 heavy (non-hydrogen) atoms. The first-order valence-corrected chi connectivity index (χ1v) is 12.9. The third-order valence-electron chi connectivity index (χ3n) is 5.00. The summed E-state index contributed by atoms with van der Waals surface area (Å²) in [5, 5.41) is 2.45. The molecule has 2 heterocycles. The highest BCUT2D eigenvalue weighted by Gasteiger charge is 2.35. The van der Waals surface area contributed by atoms with Gasteiger partial charge in [0.25, 0.3) is 0 Å². The lowest BCUT2D eigenvalue weighted by molar-refractivity contribution is -0.137. The van der Waals surface area contributed by atoms with Gasteiger partial charge < -0.3 is 4.90 Å². The summed E-state index contributed by atoms with van der Waals surface area (Å²) in [6.07, 6.45) is -4.66. The fourth-order valence-corrected chi connectivity index (χ4v) is 6.54. The van der Waals surface area contributed by atoms with Gasteiger partial charge in [0, 0.05) is 41.6 Å². The molecule has 0 spiro atoms. The summed E-state index contributed by atoms with van der Waals surface area (Å²) < 4.78 is 67.2. The Balaban J connectivity index is 1.49. The molecule has 1 aliphatic rings. The van der Waals surface area contributed by atoms with Gasteiger partial charge in [0.2, 0.25) is 10.0 Å². The van der Waals surface area contributed by atoms with Crippen LogP contribution in [0.5, 0.6) is 0 Å². The van der Waals surface area contributed by atoms with Crippen molar-refractivity contribution in [1.82, 2.24) is 9.29 Å². The van der Waals surface area contributed by atoms with Crippen molar-refractivity contribution in [3.63, 3.8) is 0 Å². The molecule has 3 aromatic rings. The molecule has 1 fully saturated rings. The van der Waals surface area contributed by atoms with Gasteiger partial charge in [-0.15, -0.1) is 11.3 Å². The number of thiazole rings is 1. The van der Waals surface area contributed by atoms with Crippen LogP contribution in [0.15, 0.2) is 57.2 Å². The maximum atomic E-state index is 13.0. The number of halogens is 5. The summed E-state index contributed by atoms with van der Waals surface area (Å²) in [4.78, 5) is 6.08. The Morgan fingerprint density at radius 2 is 1.78 bits per heavy atom. The number of alkyl halides is 3. The molecule has 2 aromatic carbocycles. The van der Waals surface area contributed by atoms with E-state index in [1.807, 2.05) is 34.5 Å². The van der Waals surface area contributed by atoms with Gasteiger partial charge in [-0.05, 0) is 30.3 Å². The zero-order chi connectivity index (χ0) is 23.1. The number of benzene rings is 2. The lowest BCUT2D eigenvalue weighted by atomic mass is 10.2. The van der Waals surface area contributed by atoms with Gasteiger partial charge in [0.15, 0.2) is 5.13 Å². The first-order valence-electron chi connectivity index (χ1n) is 9.39. The van der Waals surface area contributed by atoms with Crippen LogP contribution < -0.4 is 4.90 Å². The van der Waals surface area contributed by atoms with Crippen LogP contribution in [0.1, 0.15) is 5.56 Å². The van der Waals surface area contributed by atoms with E-state index in [-0.39, 0.29) is 18.1 Å². The van der Waals surface area contributed by atoms with Crippen LogP contribution >= 0.6 is 38.9 Å². The number of aromatic nitrogens is 1. The number of sulfonamides is 1. The standard InChI is InChI=1S/C20H16BrClF3N3O2S2/c21-15-3-1-2-13(10-15)17-12-31-19(26-17)27-6-8-28(9-7-27)32(29,30)18-11-14(20(23,24)25)4-5-16(18)22/h1-5,10-12H,6-9H2. The molecule has 0 aliphatic carbocycles. The molecule has 1 saturated heterocycles. The summed E-state index contributed by atoms with van der Waals surface area (Å²) in [5.74, 6) is 0. The lowest BCUT2D eigenvalue weighted by Crippen LogP contribution is -2.48. The molecule has 0 saturated carbocycles. The predicted molar refractivity (Wildman–Crippen MR) is 123 cm³/mol. The van der Waals surface area contributed by atoms with Gasteiger partial charge >= 0.3 is 6.18 Å². The fraction of sp³-hybridized carbons (Fsp3) is 0.250. The lowest BCUT2D eigenvalue weighted by Gasteiger charge is -2.34. The Labute approximate surface area is 200 Å². The van der Waals surface area contributed by atoms with E-state index in [0.29, 0.717) is 19.2 Å². The maximum Gasteiger partial charge on any atom is 0.416 e. The molecule has 170 valence electrons. The Hall–Kier alpha value is -1.66. The number of nitrogens with zero attached hydrogens (tertiary/aromatic N) is 3. The van der Waals surface area contributed by atoms with Crippen molar-refractivity contribution in [3.05, 3.63) is 62.9 Å². The van der Waals surface area contributed by atoms with E-state index in [1.165, 1.54) is 11.3 Å². The van der Waals surface area contributed by atoms with Crippen LogP contribution in [0.4, 0.5) is 18.3 Å². The first-order chi connectivity index (χ1) is 15.1. The number of hydrogen-bond donors (Lipinski definition) is 0. The van der Waals surface area contributed by atoms with E-state index in [1.54, 1.807) is 0 Å². The Bertz CT molecular complexity index is 1240. The van der Waals surface area contributed by atoms with E-state index in [2.05, 4.69) is 20.9 Å². The van der Waals surface area contributed by atoms with Crippen LogP contribution in [-0.4, -0.2) is 43.9 Å². The first kappa shape index (κ1) is 23.5. The molecule has 0 N–H and O–H groups in total. The van der Waals surface area contributed by atoms with Gasteiger partial charge in [-0.2, -0.15) is 17.5 Å². The second-order valence-corrected chi connectivity index (χ2v) is 11.1. The van der Waals surface area contributed by atoms with Crippen molar-refractivity contribution in [2.45, 2.75) is 11.1 Å². The molecule has 0 atom stereocenters. The fourth-order valence-electron chi connectivity index (χ4n) is 3.33. The van der Waals surface area contributed by atoms with Crippen molar-refractivity contribution >= 4 is 54.0 Å². The zero-order valence-electron chi connectivity index (χ0n) is 16.3. The van der Waals surface area contributed by atoms with Crippen LogP contribution in [0, 0.1) is 0 Å². The number of hydrogen-bond acceptors (Lipinski definition) is 5. The van der Waals surface area contributed by atoms with E-state index >= 15 is 0 Å². The number of rotatable bonds is 4. The van der Waals surface area contributed by atoms with Crippen LogP contribution in [0.25, 0.3) is 11.3 Å². The summed E-state index contributed by atoms with van der Waals surface area (Å²) in [7, 11) is -4.17. The molecule has 0 radical (unpaired) electrons. The second kappa shape index (κ2) is 8.94. The smallest absolute Gasteiger partial charge is 0.345 e. The Morgan fingerprint density at radius 3 is 2.44 bits per heavy atom. The molecular formula is C20H16BrClF3N3O2S2. The summed E-state index contributed by atoms with van der Waals surface area (Å²) in [5.41, 5.74) is 0.723. The van der Waals surface area contributed by atoms with Crippen LogP contribution in [-0.2, 0) is 16.2 Å². The summed E-state index contributed by atoms with van der Waals surface area (Å²) in [6, 6.07) is 10.1. The predicted octanol–water partition coefficient (Wildman–Crippen LogP) is 5.76. The van der Waals surface area contributed by atoms with E-state index in [9.17, 15) is 21.6 Å². The van der Waals surface area contributed by atoms with Crippen molar-refractivity contribution in [3.8, 4) is 11.3 Å². The minimum absolute atomic E-state index is 0.112. The maximum absolute atomic E-state index is 13.0. The molecule has 0 bridgehead atoms. The summed E-state index contributed by atoms with van der Waals surface area (Å²) in [6.45, 7) is 0.948. The zero-order valence-corrected chi connectivity index (χ0v) is 20.3. The number of anilines is 1. The molecule has 1 aromatic heterocycles. The second-order valence-electron chi connectivity index (χ2n) is 7.06. The Morgan fingerprint density at radius 1 is 1.06 bits per heavy atom. The molecule has 1 aliphatic heterocycles. The van der Waals surface area contributed by atoms with Gasteiger partial charge in [0.05, 0.1) is 16.3 Å². The molecule has 4 rings (SSSR count). The minimum Gasteiger partial charge on any atom is -0.345 e. The molecule has 0 amide bonds. The highest BCUT2D eigenvalue weighted by molar-refractivity contribution is 9.10. The molecule has 12 heteroatoms. The van der Waals surface area contributed by atoms with Crippen LogP contribution in [0.2, 0.25) is 5.02 Å². The van der Waals surface area contributed by atoms with Crippen LogP contribution in [0.3, 0.4) is 0 Å². The van der Waals surface area contributed by atoms with Gasteiger partial charge in [0.1, 0.15) is 4.90 Å². The van der Waals surface area contributed by atoms with E-state index in [4.69, 9.17) is 11.6 Å². The monoisotopic (exact) mass is 565 g/mol. The Kier molecular flexibility index (Phi) is 6.56. The third kappa shape index (κ3) is 4.81. The molecule has 0 unspecified atom stereocenters. The normalized spacial score (nSPS) is 15.8. The average molecular weight is 567 g/mol. The largest absolute Gasteiger partial charge is 0.416 e. The van der Waals surface area contributed by atoms with Gasteiger partial charge in [-0.1, -0.05) is 39.7 Å². The SMILES string of the molecule is O=S(=O)(c1cc(C(F)(F)F)ccc1Cl)N1CCN(c2nc(-c3cccc(Br)c3)cs2)CC1. The highest BCUT2D eigenvalue weighted by atomic mass is 79.9. The van der Waals surface area contributed by atoms with Crippen molar-refractivity contribution in [2.75, 3.05) is 31.1 Å². The third-order valence-corrected chi connectivity index (χ3v) is 8.77. The average Bonchev–Trinajstić information content (AvgIpc) is 3.23. The van der Waals surface area contributed by atoms with E-state index < -0.39 is 26.7 Å². The van der Waals surface area contributed by atoms with Crippen molar-refractivity contribution in [2.24, 2.45) is 0 Å². The van der Waals surface area contributed by atoms with Gasteiger partial charge in [-0.3, -0.25) is 0 Å². The van der Waals surface area contributed by atoms with Crippen molar-refractivity contribution < 1.29 is 21.6 Å². The van der Waals surface area contributed by atoms with Crippen molar-refractivity contribution in [1.29, 1.82) is 0 Å². The highest BCUT2D eigenvalue weighted by Crippen LogP contribution is 2.35. The topological polar surface area (TPSA) is 53.5 Å². The van der Waals surface area contributed by atoms with Gasteiger partial charge in [-0.25, -0.2) is 13.4 Å². The van der Waals surface area contributed by atoms with E-state index in [0.717, 1.165) is 37.3 Å². The number of piperazine rings is 1. The minimum atomic E-state index is -4.66. The summed E-state index contributed by atoms with van der Waals surface area (Å²) >= 11 is 10.8. The quantitative estimate of drug-likeness (QED) is 0.403. The molecular weight excluding hydrogens is 551 g/mol.